The molecule has 7 nitrogen and oxygen atoms in total. The van der Waals surface area contributed by atoms with Crippen LogP contribution in [0.1, 0.15) is 6.92 Å². The van der Waals surface area contributed by atoms with E-state index in [1.54, 1.807) is 34.2 Å². The zero-order valence-corrected chi connectivity index (χ0v) is 12.5. The third-order valence-electron chi connectivity index (χ3n) is 2.80. The Morgan fingerprint density at radius 3 is 2.95 bits per heavy atom. The van der Waals surface area contributed by atoms with Gasteiger partial charge in [-0.1, -0.05) is 0 Å². The second-order valence-electron chi connectivity index (χ2n) is 4.50. The van der Waals surface area contributed by atoms with Crippen molar-refractivity contribution < 1.29 is 14.3 Å². The van der Waals surface area contributed by atoms with Gasteiger partial charge in [-0.25, -0.2) is 9.50 Å². The van der Waals surface area contributed by atoms with E-state index in [0.717, 1.165) is 5.56 Å². The average Bonchev–Trinajstić information content (AvgIpc) is 3.13. The molecule has 0 fully saturated rings. The molecule has 1 amide bonds. The van der Waals surface area contributed by atoms with E-state index in [4.69, 9.17) is 0 Å². The first-order chi connectivity index (χ1) is 10.6. The standard InChI is InChI=1S/C14H12N4O3S/c1-9(19)21-7-13(20)15-11-2-3-12-16-14(17-18(12)6-11)10-4-5-22-8-10/h2-6,8H,7H2,1H3,(H,15,20). The molecule has 3 heterocycles. The van der Waals surface area contributed by atoms with Crippen LogP contribution in [0.15, 0.2) is 35.2 Å². The van der Waals surface area contributed by atoms with Gasteiger partial charge in [0.05, 0.1) is 11.9 Å². The lowest BCUT2D eigenvalue weighted by Gasteiger charge is -2.05. The fourth-order valence-corrected chi connectivity index (χ4v) is 2.47. The minimum Gasteiger partial charge on any atom is -0.456 e. The number of pyridine rings is 1. The Labute approximate surface area is 129 Å². The lowest BCUT2D eigenvalue weighted by molar-refractivity contribution is -0.144. The number of hydrogen-bond acceptors (Lipinski definition) is 6. The van der Waals surface area contributed by atoms with E-state index < -0.39 is 11.9 Å². The van der Waals surface area contributed by atoms with E-state index in [2.05, 4.69) is 20.1 Å². The van der Waals surface area contributed by atoms with Crippen molar-refractivity contribution in [2.45, 2.75) is 6.92 Å². The number of carbonyl (C=O) groups is 2. The highest BCUT2D eigenvalue weighted by atomic mass is 32.1. The molecule has 0 bridgehead atoms. The summed E-state index contributed by atoms with van der Waals surface area (Å²) in [4.78, 5) is 26.7. The van der Waals surface area contributed by atoms with Gasteiger partial charge < -0.3 is 10.1 Å². The number of nitrogens with zero attached hydrogens (tertiary/aromatic N) is 3. The fraction of sp³-hybridized carbons (Fsp3) is 0.143. The largest absolute Gasteiger partial charge is 0.456 e. The number of nitrogens with one attached hydrogen (secondary N) is 1. The van der Waals surface area contributed by atoms with Crippen LogP contribution in [-0.4, -0.2) is 33.1 Å². The smallest absolute Gasteiger partial charge is 0.303 e. The second-order valence-corrected chi connectivity index (χ2v) is 5.28. The number of rotatable bonds is 4. The Balaban J connectivity index is 1.78. The van der Waals surface area contributed by atoms with Gasteiger partial charge in [-0.15, -0.1) is 5.10 Å². The molecule has 8 heteroatoms. The molecule has 0 aliphatic heterocycles. The maximum absolute atomic E-state index is 11.6. The Morgan fingerprint density at radius 2 is 2.23 bits per heavy atom. The Kier molecular flexibility index (Phi) is 3.84. The molecule has 0 spiro atoms. The Bertz CT molecular complexity index is 826. The molecule has 3 rings (SSSR count). The van der Waals surface area contributed by atoms with Crippen LogP contribution in [0, 0.1) is 0 Å². The van der Waals surface area contributed by atoms with Gasteiger partial charge in [-0.2, -0.15) is 11.3 Å². The van der Waals surface area contributed by atoms with Crippen LogP contribution in [-0.2, 0) is 14.3 Å². The third kappa shape index (κ3) is 3.12. The summed E-state index contributed by atoms with van der Waals surface area (Å²) in [5, 5.41) is 10.9. The normalized spacial score (nSPS) is 10.6. The number of amides is 1. The van der Waals surface area contributed by atoms with Crippen LogP contribution in [0.25, 0.3) is 17.0 Å². The van der Waals surface area contributed by atoms with Crippen molar-refractivity contribution in [3.05, 3.63) is 35.2 Å². The molecule has 0 saturated heterocycles. The highest BCUT2D eigenvalue weighted by molar-refractivity contribution is 7.08. The van der Waals surface area contributed by atoms with Gasteiger partial charge in [-0.05, 0) is 23.6 Å². The number of carbonyl (C=O) groups excluding carboxylic acids is 2. The monoisotopic (exact) mass is 316 g/mol. The first-order valence-electron chi connectivity index (χ1n) is 6.44. The van der Waals surface area contributed by atoms with Crippen molar-refractivity contribution in [3.63, 3.8) is 0 Å². The quantitative estimate of drug-likeness (QED) is 0.744. The number of esters is 1. The Morgan fingerprint density at radius 1 is 1.36 bits per heavy atom. The van der Waals surface area contributed by atoms with Crippen molar-refractivity contribution >= 4 is 34.5 Å². The average molecular weight is 316 g/mol. The Hall–Kier alpha value is -2.74. The van der Waals surface area contributed by atoms with Crippen LogP contribution in [0.5, 0.6) is 0 Å². The minimum atomic E-state index is -0.498. The van der Waals surface area contributed by atoms with Crippen molar-refractivity contribution in [1.29, 1.82) is 0 Å². The molecule has 112 valence electrons. The van der Waals surface area contributed by atoms with Gasteiger partial charge in [0.15, 0.2) is 18.1 Å². The van der Waals surface area contributed by atoms with E-state index in [-0.39, 0.29) is 6.61 Å². The molecule has 0 aliphatic rings. The van der Waals surface area contributed by atoms with Crippen molar-refractivity contribution in [1.82, 2.24) is 14.6 Å². The molecule has 1 N–H and O–H groups in total. The molecule has 3 aromatic heterocycles. The van der Waals surface area contributed by atoms with Gasteiger partial charge in [0.1, 0.15) is 0 Å². The van der Waals surface area contributed by atoms with Crippen LogP contribution in [0.3, 0.4) is 0 Å². The van der Waals surface area contributed by atoms with E-state index in [0.29, 0.717) is 17.2 Å². The zero-order valence-electron chi connectivity index (χ0n) is 11.6. The third-order valence-corrected chi connectivity index (χ3v) is 3.48. The predicted octanol–water partition coefficient (Wildman–Crippen LogP) is 1.96. The van der Waals surface area contributed by atoms with Crippen molar-refractivity contribution in [3.8, 4) is 11.4 Å². The van der Waals surface area contributed by atoms with E-state index >= 15 is 0 Å². The topological polar surface area (TPSA) is 85.6 Å². The highest BCUT2D eigenvalue weighted by Gasteiger charge is 2.09. The van der Waals surface area contributed by atoms with E-state index in [9.17, 15) is 9.59 Å². The maximum Gasteiger partial charge on any atom is 0.303 e. The molecular formula is C14H12N4O3S. The number of hydrogen-bond donors (Lipinski definition) is 1. The fourth-order valence-electron chi connectivity index (χ4n) is 1.84. The molecule has 22 heavy (non-hydrogen) atoms. The lowest BCUT2D eigenvalue weighted by Crippen LogP contribution is -2.20. The summed E-state index contributed by atoms with van der Waals surface area (Å²) in [5.74, 6) is -0.278. The summed E-state index contributed by atoms with van der Waals surface area (Å²) in [5.41, 5.74) is 2.18. The van der Waals surface area contributed by atoms with E-state index in [1.165, 1.54) is 6.92 Å². The van der Waals surface area contributed by atoms with E-state index in [1.807, 2.05) is 16.8 Å². The number of thiophene rings is 1. The highest BCUT2D eigenvalue weighted by Crippen LogP contribution is 2.20. The number of aromatic nitrogens is 3. The van der Waals surface area contributed by atoms with Crippen LogP contribution >= 0.6 is 11.3 Å². The van der Waals surface area contributed by atoms with Gasteiger partial charge >= 0.3 is 5.97 Å². The summed E-state index contributed by atoms with van der Waals surface area (Å²) in [6, 6.07) is 5.42. The van der Waals surface area contributed by atoms with Crippen molar-refractivity contribution in [2.24, 2.45) is 0 Å². The number of ether oxygens (including phenoxy) is 1. The second kappa shape index (κ2) is 5.94. The summed E-state index contributed by atoms with van der Waals surface area (Å²) in [7, 11) is 0. The number of anilines is 1. The summed E-state index contributed by atoms with van der Waals surface area (Å²) < 4.78 is 6.22. The molecule has 0 atom stereocenters. The first kappa shape index (κ1) is 14.2. The lowest BCUT2D eigenvalue weighted by atomic mass is 10.3. The zero-order chi connectivity index (χ0) is 15.5. The van der Waals surface area contributed by atoms with Gasteiger partial charge in [0, 0.05) is 17.9 Å². The molecule has 0 unspecified atom stereocenters. The number of fused-ring (bicyclic) bond motifs is 1. The first-order valence-corrected chi connectivity index (χ1v) is 7.38. The predicted molar refractivity (Wildman–Crippen MR) is 81.6 cm³/mol. The molecule has 0 aromatic carbocycles. The molecule has 0 aliphatic carbocycles. The minimum absolute atomic E-state index is 0.315. The van der Waals surface area contributed by atoms with Crippen LogP contribution < -0.4 is 5.32 Å². The maximum atomic E-state index is 11.6. The summed E-state index contributed by atoms with van der Waals surface area (Å²) in [6.07, 6.45) is 1.66. The molecular weight excluding hydrogens is 304 g/mol. The summed E-state index contributed by atoms with van der Waals surface area (Å²) in [6.45, 7) is 0.936. The van der Waals surface area contributed by atoms with Gasteiger partial charge in [0.25, 0.3) is 5.91 Å². The van der Waals surface area contributed by atoms with Gasteiger partial charge in [0.2, 0.25) is 0 Å². The SMILES string of the molecule is CC(=O)OCC(=O)Nc1ccc2nc(-c3ccsc3)nn2c1. The summed E-state index contributed by atoms with van der Waals surface area (Å²) >= 11 is 1.58. The van der Waals surface area contributed by atoms with Gasteiger partial charge in [-0.3, -0.25) is 9.59 Å². The molecule has 0 saturated carbocycles. The van der Waals surface area contributed by atoms with Crippen LogP contribution in [0.2, 0.25) is 0 Å². The van der Waals surface area contributed by atoms with Crippen LogP contribution in [0.4, 0.5) is 5.69 Å². The molecule has 0 radical (unpaired) electrons. The van der Waals surface area contributed by atoms with Crippen molar-refractivity contribution in [2.75, 3.05) is 11.9 Å². The molecule has 3 aromatic rings.